The first-order chi connectivity index (χ1) is 14.2. The molecule has 0 radical (unpaired) electrons. The molecule has 0 aliphatic rings. The third-order valence-corrected chi connectivity index (χ3v) is 5.45. The van der Waals surface area contributed by atoms with Crippen molar-refractivity contribution in [3.63, 3.8) is 0 Å². The zero-order valence-corrected chi connectivity index (χ0v) is 18.2. The minimum absolute atomic E-state index is 0. The molecule has 0 spiro atoms. The van der Waals surface area contributed by atoms with E-state index in [1.807, 2.05) is 84.5 Å². The molecule has 0 saturated heterocycles. The summed E-state index contributed by atoms with van der Waals surface area (Å²) in [7, 11) is 0. The summed E-state index contributed by atoms with van der Waals surface area (Å²) in [5, 5.41) is 3.33. The molecule has 0 aliphatic carbocycles. The second kappa shape index (κ2) is 8.28. The quantitative estimate of drug-likeness (QED) is 0.297. The van der Waals surface area contributed by atoms with Crippen LogP contribution >= 0.6 is 0 Å². The highest BCUT2D eigenvalue weighted by Crippen LogP contribution is 2.20. The molecule has 0 fully saturated rings. The van der Waals surface area contributed by atoms with Crippen molar-refractivity contribution in [2.24, 2.45) is 0 Å². The fraction of sp³-hybridized carbons (Fsp3) is 0.120. The van der Waals surface area contributed by atoms with Gasteiger partial charge in [-0.1, -0.05) is 54.6 Å². The predicted octanol–water partition coefficient (Wildman–Crippen LogP) is 1.92. The van der Waals surface area contributed by atoms with Crippen molar-refractivity contribution in [2.75, 3.05) is 0 Å². The Hall–Kier alpha value is -3.18. The number of para-hydroxylation sites is 1. The number of imidazole rings is 1. The summed E-state index contributed by atoms with van der Waals surface area (Å²) in [6, 6.07) is 24.1. The Morgan fingerprint density at radius 2 is 1.67 bits per heavy atom. The fourth-order valence-corrected chi connectivity index (χ4v) is 3.77. The van der Waals surface area contributed by atoms with Crippen LogP contribution in [0, 0.1) is 6.92 Å². The van der Waals surface area contributed by atoms with Gasteiger partial charge in [-0.3, -0.25) is 4.79 Å². The van der Waals surface area contributed by atoms with Crippen molar-refractivity contribution in [2.45, 2.75) is 20.0 Å². The van der Waals surface area contributed by atoms with Gasteiger partial charge in [0.2, 0.25) is 5.78 Å². The van der Waals surface area contributed by atoms with Crippen molar-refractivity contribution in [3.05, 3.63) is 102 Å². The molecule has 3 aromatic carbocycles. The average molecular weight is 461 g/mol. The van der Waals surface area contributed by atoms with E-state index in [-0.39, 0.29) is 22.8 Å². The average Bonchev–Trinajstić information content (AvgIpc) is 3.31. The van der Waals surface area contributed by atoms with E-state index in [9.17, 15) is 4.79 Å². The van der Waals surface area contributed by atoms with Gasteiger partial charge in [-0.25, -0.2) is 9.13 Å². The molecule has 30 heavy (non-hydrogen) atoms. The van der Waals surface area contributed by atoms with Crippen LogP contribution in [-0.2, 0) is 13.1 Å². The van der Waals surface area contributed by atoms with Crippen LogP contribution in [0.1, 0.15) is 21.9 Å². The smallest absolute Gasteiger partial charge is 0.254 e. The lowest BCUT2D eigenvalue weighted by Gasteiger charge is -2.03. The summed E-state index contributed by atoms with van der Waals surface area (Å²) in [6.07, 6.45) is 3.95. The lowest BCUT2D eigenvalue weighted by atomic mass is 10.0. The number of carbonyl (C=O) groups excluding carboxylic acids is 1. The lowest BCUT2D eigenvalue weighted by molar-refractivity contribution is -0.688. The first kappa shape index (κ1) is 20.1. The molecule has 4 nitrogen and oxygen atoms in total. The van der Waals surface area contributed by atoms with Gasteiger partial charge in [0, 0.05) is 17.9 Å². The Morgan fingerprint density at radius 3 is 2.47 bits per heavy atom. The number of fused-ring (bicyclic) bond motifs is 2. The lowest BCUT2D eigenvalue weighted by Crippen LogP contribution is -3.00. The van der Waals surface area contributed by atoms with Crippen molar-refractivity contribution in [3.8, 4) is 0 Å². The number of halogens is 1. The maximum absolute atomic E-state index is 12.8. The molecule has 0 saturated carbocycles. The van der Waals surface area contributed by atoms with Gasteiger partial charge in [-0.15, -0.1) is 0 Å². The number of Topliss-reactive ketones (excluding diaryl/α,β-unsaturated/α-hetero) is 1. The molecule has 5 aromatic rings. The maximum atomic E-state index is 12.8. The first-order valence-electron chi connectivity index (χ1n) is 9.72. The van der Waals surface area contributed by atoms with Crippen LogP contribution in [0.3, 0.4) is 0 Å². The summed E-state index contributed by atoms with van der Waals surface area (Å²) in [6.45, 7) is 2.98. The molecule has 2 heterocycles. The number of carbonyl (C=O) groups is 1. The van der Waals surface area contributed by atoms with Crippen LogP contribution in [0.2, 0.25) is 0 Å². The topological polar surface area (TPSA) is 39.0 Å². The monoisotopic (exact) mass is 460 g/mol. The van der Waals surface area contributed by atoms with E-state index in [2.05, 4.69) is 16.7 Å². The van der Waals surface area contributed by atoms with Crippen LogP contribution in [-0.4, -0.2) is 10.4 Å². The summed E-state index contributed by atoms with van der Waals surface area (Å²) in [4.78, 5) is 12.8. The Labute approximate surface area is 185 Å². The van der Waals surface area contributed by atoms with E-state index in [0.717, 1.165) is 38.9 Å². The Morgan fingerprint density at radius 1 is 0.933 bits per heavy atom. The summed E-state index contributed by atoms with van der Waals surface area (Å²) in [5.41, 5.74) is 1.63. The third-order valence-electron chi connectivity index (χ3n) is 5.45. The molecule has 0 N–H and O–H groups in total. The number of ketones is 1. The summed E-state index contributed by atoms with van der Waals surface area (Å²) >= 11 is 0. The molecular formula is C25H21BrN2O2. The van der Waals surface area contributed by atoms with Crippen LogP contribution in [0.15, 0.2) is 89.6 Å². The van der Waals surface area contributed by atoms with Gasteiger partial charge < -0.3 is 21.4 Å². The zero-order valence-electron chi connectivity index (χ0n) is 16.6. The minimum atomic E-state index is 0. The molecule has 5 heteroatoms. The fourth-order valence-electron chi connectivity index (χ4n) is 3.77. The SMILES string of the molecule is Cc1n(Cc2cc3ccccc3o2)cc[n+]1CC(=O)c1ccc2ccccc2c1.[Br-]. The van der Waals surface area contributed by atoms with Crippen LogP contribution < -0.4 is 21.5 Å². The zero-order chi connectivity index (χ0) is 19.8. The van der Waals surface area contributed by atoms with Crippen molar-refractivity contribution in [1.29, 1.82) is 0 Å². The molecule has 0 amide bonds. The standard InChI is InChI=1S/C25H21N2O2.BrH/c1-18-26(16-23-15-22-8-4-5-9-25(22)29-23)12-13-27(18)17-24(28)21-11-10-19-6-2-3-7-20(19)14-21;/h2-15H,16-17H2,1H3;1H/q+1;/p-1. The Bertz CT molecular complexity index is 1320. The number of nitrogens with zero attached hydrogens (tertiary/aromatic N) is 2. The highest BCUT2D eigenvalue weighted by molar-refractivity contribution is 5.99. The van der Waals surface area contributed by atoms with Crippen LogP contribution in [0.25, 0.3) is 21.7 Å². The van der Waals surface area contributed by atoms with Crippen LogP contribution in [0.5, 0.6) is 0 Å². The Kier molecular flexibility index (Phi) is 5.55. The van der Waals surface area contributed by atoms with E-state index in [1.165, 1.54) is 0 Å². The van der Waals surface area contributed by atoms with Crippen molar-refractivity contribution >= 4 is 27.5 Å². The van der Waals surface area contributed by atoms with Gasteiger partial charge in [0.15, 0.2) is 6.54 Å². The number of aromatic nitrogens is 2. The molecular weight excluding hydrogens is 440 g/mol. The molecule has 0 bridgehead atoms. The van der Waals surface area contributed by atoms with E-state index in [1.54, 1.807) is 0 Å². The normalized spacial score (nSPS) is 11.0. The number of hydrogen-bond acceptors (Lipinski definition) is 2. The largest absolute Gasteiger partial charge is 1.00 e. The van der Waals surface area contributed by atoms with E-state index >= 15 is 0 Å². The molecule has 150 valence electrons. The number of benzene rings is 3. The van der Waals surface area contributed by atoms with Crippen molar-refractivity contribution in [1.82, 2.24) is 4.57 Å². The van der Waals surface area contributed by atoms with Gasteiger partial charge in [0.25, 0.3) is 5.82 Å². The van der Waals surface area contributed by atoms with E-state index < -0.39 is 0 Å². The third kappa shape index (κ3) is 3.81. The second-order valence-corrected chi connectivity index (χ2v) is 7.34. The van der Waals surface area contributed by atoms with Gasteiger partial charge in [-0.2, -0.15) is 0 Å². The molecule has 2 aromatic heterocycles. The van der Waals surface area contributed by atoms with Gasteiger partial charge in [0.1, 0.15) is 30.3 Å². The predicted molar refractivity (Wildman–Crippen MR) is 113 cm³/mol. The maximum Gasteiger partial charge on any atom is 0.254 e. The van der Waals surface area contributed by atoms with Crippen LogP contribution in [0.4, 0.5) is 0 Å². The number of hydrogen-bond donors (Lipinski definition) is 0. The number of furan rings is 1. The Balaban J connectivity index is 0.00000218. The minimum Gasteiger partial charge on any atom is -1.00 e. The number of rotatable bonds is 5. The molecule has 5 rings (SSSR count). The summed E-state index contributed by atoms with van der Waals surface area (Å²) < 4.78 is 10.0. The van der Waals surface area contributed by atoms with E-state index in [0.29, 0.717) is 13.1 Å². The molecule has 0 unspecified atom stereocenters. The molecule has 0 aliphatic heterocycles. The van der Waals surface area contributed by atoms with Crippen molar-refractivity contribution < 1.29 is 30.8 Å². The van der Waals surface area contributed by atoms with Gasteiger partial charge >= 0.3 is 0 Å². The molecule has 0 atom stereocenters. The first-order valence-corrected chi connectivity index (χ1v) is 9.72. The second-order valence-electron chi connectivity index (χ2n) is 7.34. The highest BCUT2D eigenvalue weighted by atomic mass is 79.9. The van der Waals surface area contributed by atoms with Gasteiger partial charge in [0.05, 0.1) is 0 Å². The van der Waals surface area contributed by atoms with Gasteiger partial charge in [-0.05, 0) is 29.0 Å². The summed E-state index contributed by atoms with van der Waals surface area (Å²) in [5.74, 6) is 2.02. The van der Waals surface area contributed by atoms with E-state index in [4.69, 9.17) is 4.42 Å². The highest BCUT2D eigenvalue weighted by Gasteiger charge is 2.18.